The number of carboxylic acids is 3. The highest BCUT2D eigenvalue weighted by Crippen LogP contribution is 2.51. The van der Waals surface area contributed by atoms with Crippen LogP contribution in [0.2, 0.25) is 19.6 Å². The van der Waals surface area contributed by atoms with Crippen LogP contribution in [0.4, 0.5) is 0 Å². The number of rotatable bonds is 4. The number of carboxylic acid groups (broad SMARTS) is 3. The van der Waals surface area contributed by atoms with Crippen molar-refractivity contribution in [1.82, 2.24) is 14.4 Å². The quantitative estimate of drug-likeness (QED) is 0.536. The van der Waals surface area contributed by atoms with Crippen molar-refractivity contribution < 1.29 is 29.7 Å². The summed E-state index contributed by atoms with van der Waals surface area (Å²) in [6.07, 6.45) is 0. The first-order valence-corrected chi connectivity index (χ1v) is 11.4. The first-order valence-electron chi connectivity index (χ1n) is 8.00. The Morgan fingerprint density at radius 2 is 1.29 bits per heavy atom. The molecule has 24 heavy (non-hydrogen) atoms. The summed E-state index contributed by atoms with van der Waals surface area (Å²) in [5, 5.41) is 29.3. The maximum absolute atomic E-state index is 12.2. The molecule has 3 unspecified atom stereocenters. The zero-order valence-corrected chi connectivity index (χ0v) is 15.0. The molecule has 3 N–H and O–H groups in total. The van der Waals surface area contributed by atoms with Gasteiger partial charge < -0.3 is 19.9 Å². The zero-order valence-electron chi connectivity index (χ0n) is 14.0. The lowest BCUT2D eigenvalue weighted by Gasteiger charge is -2.73. The number of piperazine rings is 3. The van der Waals surface area contributed by atoms with Crippen molar-refractivity contribution >= 4 is 26.1 Å². The highest BCUT2D eigenvalue weighted by atomic mass is 28.3. The van der Waals surface area contributed by atoms with E-state index in [-0.39, 0.29) is 0 Å². The van der Waals surface area contributed by atoms with Crippen molar-refractivity contribution in [3.05, 3.63) is 0 Å². The van der Waals surface area contributed by atoms with Crippen LogP contribution in [0, 0.1) is 0 Å². The third-order valence-electron chi connectivity index (χ3n) is 5.64. The van der Waals surface area contributed by atoms with Gasteiger partial charge in [-0.15, -0.1) is 0 Å². The van der Waals surface area contributed by atoms with E-state index in [0.29, 0.717) is 26.2 Å². The summed E-state index contributed by atoms with van der Waals surface area (Å²) in [7, 11) is -2.09. The van der Waals surface area contributed by atoms with E-state index in [1.165, 1.54) is 4.90 Å². The lowest BCUT2D eigenvalue weighted by Crippen LogP contribution is -2.97. The van der Waals surface area contributed by atoms with Crippen molar-refractivity contribution in [2.24, 2.45) is 0 Å². The predicted molar refractivity (Wildman–Crippen MR) is 85.3 cm³/mol. The Balaban J connectivity index is 2.18. The van der Waals surface area contributed by atoms with Gasteiger partial charge in [-0.2, -0.15) is 0 Å². The monoisotopic (exact) mass is 357 g/mol. The van der Waals surface area contributed by atoms with E-state index >= 15 is 0 Å². The van der Waals surface area contributed by atoms with Crippen LogP contribution in [0.5, 0.6) is 0 Å². The van der Waals surface area contributed by atoms with E-state index in [2.05, 4.69) is 0 Å². The average molecular weight is 357 g/mol. The molecule has 0 aliphatic carbocycles. The minimum Gasteiger partial charge on any atom is -0.480 e. The molecule has 3 atom stereocenters. The van der Waals surface area contributed by atoms with Crippen LogP contribution < -0.4 is 0 Å². The maximum atomic E-state index is 12.2. The van der Waals surface area contributed by atoms with Crippen LogP contribution in [-0.4, -0.2) is 106 Å². The molecule has 4 saturated heterocycles. The van der Waals surface area contributed by atoms with Crippen molar-refractivity contribution in [3.63, 3.8) is 0 Å². The molecule has 4 fully saturated rings. The summed E-state index contributed by atoms with van der Waals surface area (Å²) in [4.78, 5) is 39.2. The smallest absolute Gasteiger partial charge is 0.323 e. The minimum atomic E-state index is -2.09. The number of nitrogens with zero attached hydrogens (tertiary/aromatic N) is 3. The van der Waals surface area contributed by atoms with Crippen LogP contribution in [-0.2, 0) is 14.4 Å². The summed E-state index contributed by atoms with van der Waals surface area (Å²) in [5.74, 6) is -3.44. The Morgan fingerprint density at radius 1 is 0.833 bits per heavy atom. The fraction of sp³-hybridized carbons (Fsp3) is 0.786. The highest BCUT2D eigenvalue weighted by molar-refractivity contribution is 6.73. The Bertz CT molecular complexity index is 584. The van der Waals surface area contributed by atoms with Crippen molar-refractivity contribution in [1.29, 1.82) is 0 Å². The van der Waals surface area contributed by atoms with Gasteiger partial charge in [-0.05, 0) is 0 Å². The largest absolute Gasteiger partial charge is 0.480 e. The van der Waals surface area contributed by atoms with Gasteiger partial charge in [-0.3, -0.25) is 24.2 Å². The lowest BCUT2D eigenvalue weighted by atomic mass is 9.62. The SMILES string of the molecule is C[Si](C)(C)N1CCN2CCN3C(C(=O)O)C2(C3C(=O)O)C1C(=O)O. The van der Waals surface area contributed by atoms with Gasteiger partial charge in [0.25, 0.3) is 0 Å². The molecule has 0 aromatic heterocycles. The first kappa shape index (κ1) is 17.3. The molecule has 0 aromatic carbocycles. The summed E-state index contributed by atoms with van der Waals surface area (Å²) in [6, 6.07) is -3.34. The molecule has 4 aliphatic rings. The Morgan fingerprint density at radius 3 is 1.71 bits per heavy atom. The molecule has 0 radical (unpaired) electrons. The minimum absolute atomic E-state index is 0.328. The molecular formula is C14H23N3O6Si. The average Bonchev–Trinajstić information content (AvgIpc) is 2.42. The molecule has 2 bridgehead atoms. The summed E-state index contributed by atoms with van der Waals surface area (Å²) in [5.41, 5.74) is -1.42. The van der Waals surface area contributed by atoms with E-state index in [1.807, 2.05) is 24.2 Å². The van der Waals surface area contributed by atoms with Crippen LogP contribution >= 0.6 is 0 Å². The molecule has 10 heteroatoms. The molecule has 9 nitrogen and oxygen atoms in total. The van der Waals surface area contributed by atoms with E-state index in [9.17, 15) is 29.7 Å². The number of hydrogen-bond donors (Lipinski definition) is 3. The van der Waals surface area contributed by atoms with Crippen LogP contribution in [0.25, 0.3) is 0 Å². The van der Waals surface area contributed by atoms with Gasteiger partial charge in [0.15, 0.2) is 0 Å². The second-order valence-electron chi connectivity index (χ2n) is 7.70. The molecule has 4 rings (SSSR count). The van der Waals surface area contributed by atoms with Crippen LogP contribution in [0.3, 0.4) is 0 Å². The second kappa shape index (κ2) is 5.25. The van der Waals surface area contributed by atoms with E-state index in [1.54, 1.807) is 4.90 Å². The second-order valence-corrected chi connectivity index (χ2v) is 12.6. The first-order chi connectivity index (χ1) is 11.0. The lowest BCUT2D eigenvalue weighted by molar-refractivity contribution is -0.248. The summed E-state index contributed by atoms with van der Waals surface area (Å²) < 4.78 is 1.88. The Hall–Kier alpha value is -1.49. The van der Waals surface area contributed by atoms with Crippen molar-refractivity contribution in [3.8, 4) is 0 Å². The number of aliphatic carboxylic acids is 3. The van der Waals surface area contributed by atoms with Crippen LogP contribution in [0.1, 0.15) is 0 Å². The highest BCUT2D eigenvalue weighted by Gasteiger charge is 2.78. The number of carbonyl (C=O) groups is 3. The van der Waals surface area contributed by atoms with Crippen LogP contribution in [0.15, 0.2) is 0 Å². The molecule has 0 amide bonds. The fourth-order valence-electron chi connectivity index (χ4n) is 4.90. The fourth-order valence-corrected chi connectivity index (χ4v) is 6.76. The van der Waals surface area contributed by atoms with Gasteiger partial charge in [-0.25, -0.2) is 0 Å². The van der Waals surface area contributed by atoms with E-state index in [4.69, 9.17) is 0 Å². The molecule has 4 aliphatic heterocycles. The normalized spacial score (nSPS) is 39.6. The van der Waals surface area contributed by atoms with Gasteiger partial charge in [0.2, 0.25) is 0 Å². The third kappa shape index (κ3) is 2.00. The van der Waals surface area contributed by atoms with Gasteiger partial charge in [0.05, 0.1) is 5.54 Å². The van der Waals surface area contributed by atoms with E-state index < -0.39 is 49.8 Å². The maximum Gasteiger partial charge on any atom is 0.323 e. The topological polar surface area (TPSA) is 122 Å². The van der Waals surface area contributed by atoms with Gasteiger partial charge >= 0.3 is 17.9 Å². The molecule has 134 valence electrons. The Labute approximate surface area is 140 Å². The Kier molecular flexibility index (Phi) is 3.79. The standard InChI is InChI=1S/C14H23N3O6Si/c1-24(2,3)17-7-5-15-4-6-16-8(11(18)19)14(15,9(16)12(20)21)10(17)13(22)23/h8-10H,4-7H2,1-3H3,(H,18,19)(H,20,21)(H,22,23). The third-order valence-corrected chi connectivity index (χ3v) is 7.84. The van der Waals surface area contributed by atoms with Crippen molar-refractivity contribution in [2.75, 3.05) is 26.2 Å². The summed E-state index contributed by atoms with van der Waals surface area (Å²) >= 11 is 0. The molecular weight excluding hydrogens is 334 g/mol. The van der Waals surface area contributed by atoms with Gasteiger partial charge in [0, 0.05) is 26.2 Å². The molecule has 0 saturated carbocycles. The molecule has 4 heterocycles. The number of hydrogen-bond acceptors (Lipinski definition) is 6. The molecule has 0 aromatic rings. The summed E-state index contributed by atoms with van der Waals surface area (Å²) in [6.45, 7) is 7.84. The molecule has 1 spiro atoms. The number of fused-ring (bicyclic) bond motifs is 1. The van der Waals surface area contributed by atoms with Crippen molar-refractivity contribution in [2.45, 2.75) is 43.3 Å². The van der Waals surface area contributed by atoms with Gasteiger partial charge in [0.1, 0.15) is 26.4 Å². The predicted octanol–water partition coefficient (Wildman–Crippen LogP) is -1.13. The van der Waals surface area contributed by atoms with E-state index in [0.717, 1.165) is 0 Å². The zero-order chi connectivity index (χ0) is 18.0. The van der Waals surface area contributed by atoms with Gasteiger partial charge in [-0.1, -0.05) is 19.6 Å².